The molecule has 0 aliphatic rings. The van der Waals surface area contributed by atoms with Crippen LogP contribution in [0.5, 0.6) is 0 Å². The minimum Gasteiger partial charge on any atom is -0.329 e. The van der Waals surface area contributed by atoms with E-state index < -0.39 is 0 Å². The molecule has 0 aliphatic heterocycles. The Balaban J connectivity index is 1.24. The first-order valence-electron chi connectivity index (χ1n) is 17.6. The monoisotopic (exact) mass is 690 g/mol. The van der Waals surface area contributed by atoms with Crippen LogP contribution < -0.4 is 4.90 Å². The van der Waals surface area contributed by atoms with Crippen molar-refractivity contribution in [3.63, 3.8) is 0 Å². The number of hydrogen-bond acceptors (Lipinski definition) is 3. The first-order chi connectivity index (χ1) is 26.7. The maximum absolute atomic E-state index is 8.44. The van der Waals surface area contributed by atoms with Crippen LogP contribution in [0.15, 0.2) is 182 Å². The molecule has 2 heterocycles. The van der Waals surface area contributed by atoms with Gasteiger partial charge in [0.25, 0.3) is 0 Å². The molecule has 7 aromatic carbocycles. The number of fused-ring (bicyclic) bond motifs is 3. The fourth-order valence-corrected chi connectivity index (χ4v) is 7.16. The van der Waals surface area contributed by atoms with Crippen LogP contribution >= 0.6 is 0 Å². The molecule has 0 N–H and O–H groups in total. The summed E-state index contributed by atoms with van der Waals surface area (Å²) in [5.74, 6) is 0.572. The van der Waals surface area contributed by atoms with Gasteiger partial charge in [-0.2, -0.15) is 0 Å². The Hall–Kier alpha value is -7.80. The van der Waals surface area contributed by atoms with Crippen LogP contribution in [0, 0.1) is 13.1 Å². The fourth-order valence-electron chi connectivity index (χ4n) is 7.16. The molecule has 6 nitrogen and oxygen atoms in total. The molecule has 252 valence electrons. The Morgan fingerprint density at radius 1 is 0.426 bits per heavy atom. The molecule has 54 heavy (non-hydrogen) atoms. The van der Waals surface area contributed by atoms with Crippen LogP contribution in [-0.2, 0) is 0 Å². The highest BCUT2D eigenvalue weighted by Gasteiger charge is 2.22. The Morgan fingerprint density at radius 2 is 0.926 bits per heavy atom. The van der Waals surface area contributed by atoms with Crippen molar-refractivity contribution in [3.05, 3.63) is 205 Å². The second kappa shape index (κ2) is 13.7. The molecule has 0 amide bonds. The highest BCUT2D eigenvalue weighted by Crippen LogP contribution is 2.45. The number of nitrogens with zero attached hydrogens (tertiary/aromatic N) is 6. The molecule has 0 unspecified atom stereocenters. The lowest BCUT2D eigenvalue weighted by Crippen LogP contribution is -2.09. The van der Waals surface area contributed by atoms with E-state index in [0.29, 0.717) is 34.1 Å². The van der Waals surface area contributed by atoms with Gasteiger partial charge in [-0.3, -0.25) is 0 Å². The topological polar surface area (TPSA) is 42.7 Å². The summed E-state index contributed by atoms with van der Waals surface area (Å²) in [6, 6.07) is 60.7. The molecule has 2 aromatic heterocycles. The average molecular weight is 691 g/mol. The largest absolute Gasteiger partial charge is 0.329 e. The second-order valence-electron chi connectivity index (χ2n) is 12.8. The predicted octanol–water partition coefficient (Wildman–Crippen LogP) is 13.1. The van der Waals surface area contributed by atoms with Gasteiger partial charge in [-0.1, -0.05) is 115 Å². The summed E-state index contributed by atoms with van der Waals surface area (Å²) in [4.78, 5) is 20.3. The first-order valence-corrected chi connectivity index (χ1v) is 17.6. The fraction of sp³-hybridized carbons (Fsp3) is 0. The summed E-state index contributed by atoms with van der Waals surface area (Å²) in [6.07, 6.45) is 0. The number of aromatic nitrogens is 3. The molecule has 0 saturated heterocycles. The lowest BCUT2D eigenvalue weighted by molar-refractivity contribution is 1.18. The normalized spacial score (nSPS) is 10.9. The highest BCUT2D eigenvalue weighted by atomic mass is 15.1. The Morgan fingerprint density at radius 3 is 1.52 bits per heavy atom. The molecular formula is C48H30N6. The van der Waals surface area contributed by atoms with E-state index in [-0.39, 0.29) is 0 Å². The maximum Gasteiger partial charge on any atom is 0.200 e. The van der Waals surface area contributed by atoms with Crippen molar-refractivity contribution >= 4 is 50.2 Å². The van der Waals surface area contributed by atoms with Gasteiger partial charge in [0.1, 0.15) is 0 Å². The molecule has 0 aliphatic carbocycles. The number of para-hydroxylation sites is 3. The third kappa shape index (κ3) is 5.71. The third-order valence-corrected chi connectivity index (χ3v) is 9.60. The van der Waals surface area contributed by atoms with Crippen molar-refractivity contribution in [3.8, 4) is 39.6 Å². The molecule has 0 saturated carbocycles. The summed E-state index contributed by atoms with van der Waals surface area (Å²) in [5, 5.41) is 2.05. The maximum atomic E-state index is 8.44. The van der Waals surface area contributed by atoms with E-state index in [2.05, 4.69) is 73.8 Å². The van der Waals surface area contributed by atoms with Gasteiger partial charge in [-0.05, 0) is 72.3 Å². The van der Waals surface area contributed by atoms with Crippen molar-refractivity contribution in [2.24, 2.45) is 0 Å². The van der Waals surface area contributed by atoms with Crippen LogP contribution in [0.1, 0.15) is 0 Å². The molecule has 9 rings (SSSR count). The summed E-state index contributed by atoms with van der Waals surface area (Å²) in [7, 11) is 0. The Labute approximate surface area is 313 Å². The van der Waals surface area contributed by atoms with E-state index in [1.807, 2.05) is 127 Å². The number of anilines is 3. The molecule has 6 heteroatoms. The molecule has 9 aromatic rings. The van der Waals surface area contributed by atoms with E-state index in [1.54, 1.807) is 0 Å². The van der Waals surface area contributed by atoms with Crippen molar-refractivity contribution in [1.29, 1.82) is 0 Å². The molecular weight excluding hydrogens is 661 g/mol. The van der Waals surface area contributed by atoms with Gasteiger partial charge < -0.3 is 9.47 Å². The van der Waals surface area contributed by atoms with Gasteiger partial charge >= 0.3 is 0 Å². The number of rotatable bonds is 7. The minimum absolute atomic E-state index is 0.363. The third-order valence-electron chi connectivity index (χ3n) is 9.60. The summed E-state index contributed by atoms with van der Waals surface area (Å²) in [6.45, 7) is 16.9. The zero-order chi connectivity index (χ0) is 36.4. The van der Waals surface area contributed by atoms with Gasteiger partial charge in [-0.15, -0.1) is 0 Å². The van der Waals surface area contributed by atoms with E-state index in [0.717, 1.165) is 55.7 Å². The molecule has 0 radical (unpaired) electrons. The Kier molecular flexibility index (Phi) is 8.17. The molecule has 0 spiro atoms. The quantitative estimate of drug-likeness (QED) is 0.156. The van der Waals surface area contributed by atoms with Crippen molar-refractivity contribution < 1.29 is 0 Å². The van der Waals surface area contributed by atoms with E-state index >= 15 is 0 Å². The number of hydrogen-bond donors (Lipinski definition) is 0. The van der Waals surface area contributed by atoms with Crippen LogP contribution in [0.3, 0.4) is 0 Å². The van der Waals surface area contributed by atoms with Crippen LogP contribution in [0.2, 0.25) is 0 Å². The molecule has 0 atom stereocenters. The first kappa shape index (κ1) is 32.1. The Bertz CT molecular complexity index is 2760. The zero-order valence-electron chi connectivity index (χ0n) is 29.0. The van der Waals surface area contributed by atoms with E-state index in [4.69, 9.17) is 23.1 Å². The van der Waals surface area contributed by atoms with Gasteiger partial charge in [0.2, 0.25) is 11.4 Å². The second-order valence-corrected chi connectivity index (χ2v) is 12.8. The predicted molar refractivity (Wildman–Crippen MR) is 220 cm³/mol. The minimum atomic E-state index is 0.363. The molecule has 0 fully saturated rings. The van der Waals surface area contributed by atoms with Gasteiger partial charge in [-0.25, -0.2) is 19.7 Å². The summed E-state index contributed by atoms with van der Waals surface area (Å²) < 4.78 is 2.07. The summed E-state index contributed by atoms with van der Waals surface area (Å²) in [5.41, 5.74) is 10.1. The van der Waals surface area contributed by atoms with Gasteiger partial charge in [0.05, 0.1) is 41.3 Å². The highest BCUT2D eigenvalue weighted by molar-refractivity contribution is 6.12. The number of benzene rings is 7. The van der Waals surface area contributed by atoms with Crippen LogP contribution in [-0.4, -0.2) is 14.5 Å². The molecule has 0 bridgehead atoms. The van der Waals surface area contributed by atoms with Crippen molar-refractivity contribution in [2.75, 3.05) is 4.90 Å². The van der Waals surface area contributed by atoms with Crippen LogP contribution in [0.4, 0.5) is 28.4 Å². The zero-order valence-corrected chi connectivity index (χ0v) is 29.0. The van der Waals surface area contributed by atoms with Gasteiger partial charge in [0.15, 0.2) is 5.82 Å². The average Bonchev–Trinajstić information content (AvgIpc) is 3.57. The SMILES string of the molecule is [C-]#[N+]c1cc(-c2cc(-c3ccccc3)nc(-c3ccccc3)n2)cc([N+]#[C-])c1-n1c2ccccc2c2cc(N(c3ccccc3)c3ccccc3)ccc21. The lowest BCUT2D eigenvalue weighted by atomic mass is 10.0. The van der Waals surface area contributed by atoms with Gasteiger partial charge in [0, 0.05) is 39.0 Å². The van der Waals surface area contributed by atoms with E-state index in [1.165, 1.54) is 0 Å². The van der Waals surface area contributed by atoms with Crippen LogP contribution in [0.25, 0.3) is 71.1 Å². The van der Waals surface area contributed by atoms with Crippen molar-refractivity contribution in [2.45, 2.75) is 0 Å². The van der Waals surface area contributed by atoms with Crippen molar-refractivity contribution in [1.82, 2.24) is 14.5 Å². The lowest BCUT2D eigenvalue weighted by Gasteiger charge is -2.25. The van der Waals surface area contributed by atoms with E-state index in [9.17, 15) is 0 Å². The standard InChI is InChI=1S/C48H30N6/c1-49-43-29-35(42-32-41(33-17-7-3-8-18-33)51-48(52-42)34-19-9-4-10-20-34)30-44(50-2)47(43)54-45-26-16-15-25-39(45)40-31-38(27-28-46(40)54)53(36-21-11-5-12-22-36)37-23-13-6-14-24-37/h3-32H. The summed E-state index contributed by atoms with van der Waals surface area (Å²) >= 11 is 0. The smallest absolute Gasteiger partial charge is 0.200 e.